The molecule has 0 aliphatic heterocycles. The summed E-state index contributed by atoms with van der Waals surface area (Å²) in [6.07, 6.45) is 1.12. The Bertz CT molecular complexity index is 1400. The van der Waals surface area contributed by atoms with Crippen molar-refractivity contribution in [3.63, 3.8) is 0 Å². The van der Waals surface area contributed by atoms with Gasteiger partial charge in [-0.1, -0.05) is 50.3 Å². The third kappa shape index (κ3) is 6.39. The van der Waals surface area contributed by atoms with Crippen LogP contribution < -0.4 is 4.90 Å². The number of sulfone groups is 2. The maximum absolute atomic E-state index is 13.8. The smallest absolute Gasteiger partial charge is 0.261 e. The number of fused-ring (bicyclic) bond motifs is 1. The quantitative estimate of drug-likeness (QED) is 0.371. The number of carbonyl (C=O) groups is 1. The highest BCUT2D eigenvalue weighted by atomic mass is 35.5. The number of benzene rings is 2. The molecule has 0 aliphatic carbocycles. The van der Waals surface area contributed by atoms with Crippen LogP contribution in [0.15, 0.2) is 52.3 Å². The molecule has 8 nitrogen and oxygen atoms in total. The van der Waals surface area contributed by atoms with Crippen LogP contribution in [0.1, 0.15) is 31.1 Å². The molecule has 1 aromatic heterocycles. The first-order valence-electron chi connectivity index (χ1n) is 11.0. The van der Waals surface area contributed by atoms with Crippen LogP contribution in [-0.4, -0.2) is 70.8 Å². The van der Waals surface area contributed by atoms with E-state index >= 15 is 0 Å². The third-order valence-electron chi connectivity index (χ3n) is 5.61. The van der Waals surface area contributed by atoms with Crippen LogP contribution >= 0.6 is 23.7 Å². The molecule has 192 valence electrons. The van der Waals surface area contributed by atoms with Gasteiger partial charge < -0.3 is 4.90 Å². The highest BCUT2D eigenvalue weighted by molar-refractivity contribution is 7.91. The lowest BCUT2D eigenvalue weighted by molar-refractivity contribution is 0.0980. The molecule has 0 atom stereocenters. The molecule has 3 rings (SSSR count). The van der Waals surface area contributed by atoms with Gasteiger partial charge in [0.2, 0.25) is 0 Å². The Morgan fingerprint density at radius 1 is 0.914 bits per heavy atom. The maximum atomic E-state index is 13.8. The summed E-state index contributed by atoms with van der Waals surface area (Å²) >= 11 is 1.21. The number of carbonyl (C=O) groups excluding carboxylic acids is 1. The van der Waals surface area contributed by atoms with Crippen molar-refractivity contribution in [2.45, 2.75) is 30.6 Å². The predicted molar refractivity (Wildman–Crippen MR) is 144 cm³/mol. The highest BCUT2D eigenvalue weighted by Gasteiger charge is 2.28. The number of likely N-dealkylation sites (N-methyl/N-ethyl adjacent to an activating group) is 1. The predicted octanol–water partition coefficient (Wildman–Crippen LogP) is 3.90. The molecule has 0 saturated carbocycles. The van der Waals surface area contributed by atoms with E-state index in [9.17, 15) is 21.6 Å². The van der Waals surface area contributed by atoms with E-state index in [1.165, 1.54) is 41.4 Å². The standard InChI is InChI=1S/C23H29N3O5S3.ClH/c1-5-25(6-2)15-16-26(22(27)17-11-8-9-13-19(17)34(30,31)7-3)23-24-21-18(32-23)12-10-14-20(21)33(4,28)29;/h8-14H,5-7,15-16H2,1-4H3;1H. The second-order valence-corrected chi connectivity index (χ2v) is 13.0. The molecule has 0 radical (unpaired) electrons. The third-order valence-corrected chi connectivity index (χ3v) is 9.57. The topological polar surface area (TPSA) is 105 Å². The number of hydrogen-bond donors (Lipinski definition) is 0. The molecule has 2 aromatic carbocycles. The van der Waals surface area contributed by atoms with Gasteiger partial charge in [0.05, 0.1) is 25.8 Å². The van der Waals surface area contributed by atoms with Crippen molar-refractivity contribution in [3.05, 3.63) is 48.0 Å². The fourth-order valence-electron chi connectivity index (χ4n) is 3.61. The molecule has 12 heteroatoms. The van der Waals surface area contributed by atoms with Gasteiger partial charge >= 0.3 is 0 Å². The average Bonchev–Trinajstić information content (AvgIpc) is 3.24. The van der Waals surface area contributed by atoms with Gasteiger partial charge in [0.15, 0.2) is 24.8 Å². The van der Waals surface area contributed by atoms with E-state index in [-0.39, 0.29) is 40.1 Å². The lowest BCUT2D eigenvalue weighted by Crippen LogP contribution is -2.39. The van der Waals surface area contributed by atoms with Gasteiger partial charge in [-0.15, -0.1) is 12.4 Å². The zero-order valence-electron chi connectivity index (χ0n) is 20.1. The average molecular weight is 560 g/mol. The van der Waals surface area contributed by atoms with E-state index < -0.39 is 25.6 Å². The summed E-state index contributed by atoms with van der Waals surface area (Å²) in [5.74, 6) is -0.616. The van der Waals surface area contributed by atoms with Crippen molar-refractivity contribution in [2.24, 2.45) is 0 Å². The molecule has 3 aromatic rings. The minimum Gasteiger partial charge on any atom is -0.302 e. The number of rotatable bonds is 10. The molecule has 0 saturated heterocycles. The first-order valence-corrected chi connectivity index (χ1v) is 15.3. The van der Waals surface area contributed by atoms with Crippen molar-refractivity contribution < 1.29 is 21.6 Å². The van der Waals surface area contributed by atoms with Gasteiger partial charge in [-0.05, 0) is 37.4 Å². The van der Waals surface area contributed by atoms with Crippen molar-refractivity contribution in [1.29, 1.82) is 0 Å². The Labute approximate surface area is 217 Å². The van der Waals surface area contributed by atoms with Crippen molar-refractivity contribution in [2.75, 3.05) is 43.1 Å². The molecule has 1 amide bonds. The van der Waals surface area contributed by atoms with E-state index in [0.29, 0.717) is 21.9 Å². The van der Waals surface area contributed by atoms with Gasteiger partial charge in [0.25, 0.3) is 5.91 Å². The van der Waals surface area contributed by atoms with E-state index in [1.54, 1.807) is 24.3 Å². The maximum Gasteiger partial charge on any atom is 0.261 e. The van der Waals surface area contributed by atoms with Crippen molar-refractivity contribution >= 4 is 64.7 Å². The number of para-hydroxylation sites is 1. The summed E-state index contributed by atoms with van der Waals surface area (Å²) in [4.78, 5) is 22.0. The Hall–Kier alpha value is -2.05. The largest absolute Gasteiger partial charge is 0.302 e. The monoisotopic (exact) mass is 559 g/mol. The Morgan fingerprint density at radius 3 is 2.14 bits per heavy atom. The summed E-state index contributed by atoms with van der Waals surface area (Å²) in [7, 11) is -7.16. The first kappa shape index (κ1) is 29.2. The van der Waals surface area contributed by atoms with Crippen molar-refractivity contribution in [1.82, 2.24) is 9.88 Å². The zero-order chi connectivity index (χ0) is 25.1. The Balaban J connectivity index is 0.00000432. The molecular weight excluding hydrogens is 530 g/mol. The van der Waals surface area contributed by atoms with Crippen LogP contribution in [0.4, 0.5) is 5.13 Å². The normalized spacial score (nSPS) is 12.0. The molecular formula is C23H30ClN3O5S3. The lowest BCUT2D eigenvalue weighted by Gasteiger charge is -2.25. The minimum absolute atomic E-state index is 0. The lowest BCUT2D eigenvalue weighted by atomic mass is 10.2. The van der Waals surface area contributed by atoms with E-state index in [0.717, 1.165) is 19.3 Å². The van der Waals surface area contributed by atoms with Gasteiger partial charge in [-0.3, -0.25) is 9.69 Å². The molecule has 0 spiro atoms. The second kappa shape index (κ2) is 11.8. The van der Waals surface area contributed by atoms with Crippen molar-refractivity contribution in [3.8, 4) is 0 Å². The summed E-state index contributed by atoms with van der Waals surface area (Å²) in [6, 6.07) is 11.1. The van der Waals surface area contributed by atoms with E-state index in [4.69, 9.17) is 0 Å². The van der Waals surface area contributed by atoms with E-state index in [1.807, 2.05) is 13.8 Å². The molecule has 0 N–H and O–H groups in total. The van der Waals surface area contributed by atoms with E-state index in [2.05, 4.69) is 9.88 Å². The van der Waals surface area contributed by atoms with Crippen LogP contribution in [0.3, 0.4) is 0 Å². The molecule has 0 aliphatic rings. The number of anilines is 1. The van der Waals surface area contributed by atoms with Crippen LogP contribution in [0.25, 0.3) is 10.2 Å². The summed E-state index contributed by atoms with van der Waals surface area (Å²) in [5, 5.41) is 0.326. The van der Waals surface area contributed by atoms with Gasteiger partial charge in [0.1, 0.15) is 5.52 Å². The number of amides is 1. The molecule has 0 fully saturated rings. The fraction of sp³-hybridized carbons (Fsp3) is 0.391. The number of aromatic nitrogens is 1. The summed E-state index contributed by atoms with van der Waals surface area (Å²) < 4.78 is 50.5. The Kier molecular flexibility index (Phi) is 9.83. The van der Waals surface area contributed by atoms with Crippen LogP contribution in [0.5, 0.6) is 0 Å². The van der Waals surface area contributed by atoms with Gasteiger partial charge in [-0.2, -0.15) is 0 Å². The molecule has 1 heterocycles. The van der Waals surface area contributed by atoms with Crippen LogP contribution in [0, 0.1) is 0 Å². The molecule has 35 heavy (non-hydrogen) atoms. The summed E-state index contributed by atoms with van der Waals surface area (Å²) in [5.41, 5.74) is 0.381. The minimum atomic E-state index is -3.64. The SMILES string of the molecule is CCN(CC)CCN(C(=O)c1ccccc1S(=O)(=O)CC)c1nc2c(S(C)(=O)=O)cccc2s1.Cl. The van der Waals surface area contributed by atoms with Crippen LogP contribution in [0.2, 0.25) is 0 Å². The molecule has 0 bridgehead atoms. The van der Waals surface area contributed by atoms with Gasteiger partial charge in [-0.25, -0.2) is 21.8 Å². The first-order chi connectivity index (χ1) is 16.0. The number of thiazole rings is 1. The van der Waals surface area contributed by atoms with Crippen LogP contribution in [-0.2, 0) is 19.7 Å². The second-order valence-electron chi connectivity index (χ2n) is 7.75. The summed E-state index contributed by atoms with van der Waals surface area (Å²) in [6.45, 7) is 7.98. The fourth-order valence-corrected chi connectivity index (χ4v) is 6.61. The Morgan fingerprint density at radius 2 is 1.54 bits per heavy atom. The highest BCUT2D eigenvalue weighted by Crippen LogP contribution is 2.34. The molecule has 0 unspecified atom stereocenters. The number of nitrogens with zero attached hydrogens (tertiary/aromatic N) is 3. The number of hydrogen-bond acceptors (Lipinski definition) is 8. The van der Waals surface area contributed by atoms with Gasteiger partial charge in [0, 0.05) is 19.3 Å². The zero-order valence-corrected chi connectivity index (χ0v) is 23.4. The number of halogens is 1.